The first-order chi connectivity index (χ1) is 12.7. The zero-order chi connectivity index (χ0) is 19.9. The van der Waals surface area contributed by atoms with Gasteiger partial charge in [0, 0.05) is 0 Å². The second-order valence-corrected chi connectivity index (χ2v) is 7.52. The number of benzene rings is 2. The van der Waals surface area contributed by atoms with Crippen LogP contribution in [0.25, 0.3) is 0 Å². The highest BCUT2D eigenvalue weighted by Gasteiger charge is 2.30. The Morgan fingerprint density at radius 2 is 1.33 bits per heavy atom. The largest absolute Gasteiger partial charge is 0.480 e. The maximum atomic E-state index is 12.7. The fraction of sp³-hybridized carbons (Fsp3) is 0.364. The van der Waals surface area contributed by atoms with Gasteiger partial charge < -0.3 is 9.84 Å². The molecule has 0 amide bonds. The lowest BCUT2D eigenvalue weighted by Gasteiger charge is -2.27. The fourth-order valence-electron chi connectivity index (χ4n) is 2.74. The molecule has 0 spiro atoms. The molecule has 0 saturated heterocycles. The third-order valence-corrected chi connectivity index (χ3v) is 3.96. The van der Waals surface area contributed by atoms with Crippen molar-refractivity contribution in [2.45, 2.75) is 51.3 Å². The molecule has 0 aliphatic heterocycles. The molecular weight excluding hydrogens is 342 g/mol. The molecule has 2 atom stereocenters. The summed E-state index contributed by atoms with van der Waals surface area (Å²) in [7, 11) is 0. The van der Waals surface area contributed by atoms with Crippen LogP contribution in [-0.2, 0) is 27.2 Å². The number of esters is 1. The molecule has 0 radical (unpaired) electrons. The van der Waals surface area contributed by atoms with E-state index in [1.807, 2.05) is 60.7 Å². The fourth-order valence-corrected chi connectivity index (χ4v) is 2.74. The molecule has 27 heavy (non-hydrogen) atoms. The SMILES string of the molecule is CC(C)(C)OC(=O)C(Cc1ccccc1)N[C@@H](Cc1ccccc1)C(=O)O. The summed E-state index contributed by atoms with van der Waals surface area (Å²) in [5, 5.41) is 12.6. The van der Waals surface area contributed by atoms with Crippen molar-refractivity contribution in [1.82, 2.24) is 5.32 Å². The number of carbonyl (C=O) groups is 2. The number of carbonyl (C=O) groups excluding carboxylic acids is 1. The Bertz CT molecular complexity index is 738. The minimum Gasteiger partial charge on any atom is -0.480 e. The molecular formula is C22H27NO4. The lowest BCUT2D eigenvalue weighted by atomic mass is 10.0. The van der Waals surface area contributed by atoms with E-state index in [-0.39, 0.29) is 6.42 Å². The Morgan fingerprint density at radius 1 is 0.889 bits per heavy atom. The van der Waals surface area contributed by atoms with E-state index in [0.717, 1.165) is 11.1 Å². The number of hydrogen-bond donors (Lipinski definition) is 2. The monoisotopic (exact) mass is 369 g/mol. The van der Waals surface area contributed by atoms with Gasteiger partial charge in [0.1, 0.15) is 17.7 Å². The molecule has 0 bridgehead atoms. The average molecular weight is 369 g/mol. The summed E-state index contributed by atoms with van der Waals surface area (Å²) >= 11 is 0. The molecule has 1 unspecified atom stereocenters. The molecule has 0 fully saturated rings. The van der Waals surface area contributed by atoms with Crippen LogP contribution in [0.1, 0.15) is 31.9 Å². The van der Waals surface area contributed by atoms with Crippen LogP contribution < -0.4 is 5.32 Å². The second kappa shape index (κ2) is 9.33. The number of nitrogens with one attached hydrogen (secondary N) is 1. The molecule has 2 aromatic rings. The number of rotatable bonds is 8. The summed E-state index contributed by atoms with van der Waals surface area (Å²) in [6, 6.07) is 17.2. The minimum atomic E-state index is -1.000. The van der Waals surface area contributed by atoms with E-state index < -0.39 is 29.6 Å². The van der Waals surface area contributed by atoms with E-state index in [4.69, 9.17) is 4.74 Å². The Kier molecular flexibility index (Phi) is 7.13. The summed E-state index contributed by atoms with van der Waals surface area (Å²) in [6.45, 7) is 5.38. The molecule has 5 nitrogen and oxygen atoms in total. The van der Waals surface area contributed by atoms with Gasteiger partial charge >= 0.3 is 11.9 Å². The highest BCUT2D eigenvalue weighted by Crippen LogP contribution is 2.13. The van der Waals surface area contributed by atoms with Crippen LogP contribution in [0.15, 0.2) is 60.7 Å². The number of ether oxygens (including phenoxy) is 1. The number of aliphatic carboxylic acids is 1. The quantitative estimate of drug-likeness (QED) is 0.699. The number of carboxylic acid groups (broad SMARTS) is 1. The van der Waals surface area contributed by atoms with Gasteiger partial charge in [-0.25, -0.2) is 0 Å². The van der Waals surface area contributed by atoms with Gasteiger partial charge in [-0.15, -0.1) is 0 Å². The van der Waals surface area contributed by atoms with Crippen molar-refractivity contribution in [3.8, 4) is 0 Å². The van der Waals surface area contributed by atoms with Crippen molar-refractivity contribution < 1.29 is 19.4 Å². The van der Waals surface area contributed by atoms with Crippen LogP contribution in [0.2, 0.25) is 0 Å². The summed E-state index contributed by atoms with van der Waals surface area (Å²) in [6.07, 6.45) is 0.637. The van der Waals surface area contributed by atoms with Crippen molar-refractivity contribution in [1.29, 1.82) is 0 Å². The van der Waals surface area contributed by atoms with Gasteiger partial charge in [0.25, 0.3) is 0 Å². The van der Waals surface area contributed by atoms with Crippen molar-refractivity contribution in [3.05, 3.63) is 71.8 Å². The molecule has 0 aliphatic rings. The van der Waals surface area contributed by atoms with Gasteiger partial charge in [0.05, 0.1) is 0 Å². The molecule has 0 aromatic heterocycles. The minimum absolute atomic E-state index is 0.282. The van der Waals surface area contributed by atoms with Gasteiger partial charge in [-0.2, -0.15) is 0 Å². The lowest BCUT2D eigenvalue weighted by molar-refractivity contribution is -0.158. The molecule has 2 N–H and O–H groups in total. The molecule has 2 rings (SSSR count). The highest BCUT2D eigenvalue weighted by atomic mass is 16.6. The smallest absolute Gasteiger partial charge is 0.324 e. The van der Waals surface area contributed by atoms with E-state index in [1.54, 1.807) is 20.8 Å². The molecule has 5 heteroatoms. The van der Waals surface area contributed by atoms with Crippen molar-refractivity contribution in [2.24, 2.45) is 0 Å². The van der Waals surface area contributed by atoms with E-state index in [0.29, 0.717) is 6.42 Å². The van der Waals surface area contributed by atoms with Gasteiger partial charge in [-0.1, -0.05) is 60.7 Å². The van der Waals surface area contributed by atoms with Crippen LogP contribution in [0.4, 0.5) is 0 Å². The molecule has 144 valence electrons. The van der Waals surface area contributed by atoms with Gasteiger partial charge in [0.15, 0.2) is 0 Å². The Labute approximate surface area is 160 Å². The second-order valence-electron chi connectivity index (χ2n) is 7.52. The van der Waals surface area contributed by atoms with Crippen LogP contribution >= 0.6 is 0 Å². The van der Waals surface area contributed by atoms with Crippen molar-refractivity contribution >= 4 is 11.9 Å². The molecule has 0 aliphatic carbocycles. The molecule has 0 heterocycles. The predicted molar refractivity (Wildman–Crippen MR) is 104 cm³/mol. The highest BCUT2D eigenvalue weighted by molar-refractivity contribution is 5.79. The summed E-state index contributed by atoms with van der Waals surface area (Å²) in [5.74, 6) is -1.45. The van der Waals surface area contributed by atoms with Crippen molar-refractivity contribution in [2.75, 3.05) is 0 Å². The van der Waals surface area contributed by atoms with Crippen LogP contribution in [0.3, 0.4) is 0 Å². The lowest BCUT2D eigenvalue weighted by Crippen LogP contribution is -2.51. The number of carboxylic acids is 1. The molecule has 0 saturated carbocycles. The van der Waals surface area contributed by atoms with E-state index in [1.165, 1.54) is 0 Å². The Morgan fingerprint density at radius 3 is 1.74 bits per heavy atom. The third kappa shape index (κ3) is 7.23. The maximum absolute atomic E-state index is 12.7. The average Bonchev–Trinajstić information content (AvgIpc) is 2.60. The van der Waals surface area contributed by atoms with Crippen LogP contribution in [-0.4, -0.2) is 34.7 Å². The normalized spacial score (nSPS) is 13.6. The third-order valence-electron chi connectivity index (χ3n) is 3.96. The van der Waals surface area contributed by atoms with Gasteiger partial charge in [-0.3, -0.25) is 14.9 Å². The number of hydrogen-bond acceptors (Lipinski definition) is 4. The first kappa shape index (κ1) is 20.6. The summed E-state index contributed by atoms with van der Waals surface area (Å²) in [5.41, 5.74) is 1.18. The first-order valence-corrected chi connectivity index (χ1v) is 9.04. The van der Waals surface area contributed by atoms with Gasteiger partial charge in [0.2, 0.25) is 0 Å². The zero-order valence-corrected chi connectivity index (χ0v) is 16.0. The Hall–Kier alpha value is -2.66. The van der Waals surface area contributed by atoms with Crippen LogP contribution in [0.5, 0.6) is 0 Å². The van der Waals surface area contributed by atoms with E-state index >= 15 is 0 Å². The summed E-state index contributed by atoms with van der Waals surface area (Å²) in [4.78, 5) is 24.5. The topological polar surface area (TPSA) is 75.6 Å². The Balaban J connectivity index is 2.19. The van der Waals surface area contributed by atoms with E-state index in [2.05, 4.69) is 5.32 Å². The van der Waals surface area contributed by atoms with E-state index in [9.17, 15) is 14.7 Å². The maximum Gasteiger partial charge on any atom is 0.324 e. The van der Waals surface area contributed by atoms with Crippen LogP contribution in [0, 0.1) is 0 Å². The van der Waals surface area contributed by atoms with Crippen molar-refractivity contribution in [3.63, 3.8) is 0 Å². The standard InChI is InChI=1S/C22H27NO4/c1-22(2,3)27-21(26)19(15-17-12-8-5-9-13-17)23-18(20(24)25)14-16-10-6-4-7-11-16/h4-13,18-19,23H,14-15H2,1-3H3,(H,24,25)/t18-,19?/m0/s1. The molecule has 2 aromatic carbocycles. The summed E-state index contributed by atoms with van der Waals surface area (Å²) < 4.78 is 5.51. The van der Waals surface area contributed by atoms with Gasteiger partial charge in [-0.05, 0) is 44.7 Å². The zero-order valence-electron chi connectivity index (χ0n) is 16.0. The first-order valence-electron chi connectivity index (χ1n) is 9.04. The predicted octanol–water partition coefficient (Wildman–Crippen LogP) is 3.22.